The first-order chi connectivity index (χ1) is 9.93. The number of carbonyl (C=O) groups excluding carboxylic acids is 1. The average Bonchev–Trinajstić information content (AvgIpc) is 2.48. The summed E-state index contributed by atoms with van der Waals surface area (Å²) in [6, 6.07) is 4.44. The lowest BCUT2D eigenvalue weighted by molar-refractivity contribution is 0.0602. The average molecular weight is 290 g/mol. The quantitative estimate of drug-likeness (QED) is 0.685. The molecular formula is C17H26N2O2. The van der Waals surface area contributed by atoms with Crippen molar-refractivity contribution in [3.8, 4) is 0 Å². The summed E-state index contributed by atoms with van der Waals surface area (Å²) in [5.41, 5.74) is 8.94. The largest absolute Gasteiger partial charge is 0.465 e. The van der Waals surface area contributed by atoms with E-state index in [1.807, 2.05) is 13.0 Å². The first kappa shape index (κ1) is 15.7. The third-order valence-corrected chi connectivity index (χ3v) is 4.64. The van der Waals surface area contributed by atoms with Gasteiger partial charge in [0.25, 0.3) is 0 Å². The zero-order valence-electron chi connectivity index (χ0n) is 13.5. The second kappa shape index (κ2) is 6.37. The summed E-state index contributed by atoms with van der Waals surface area (Å²) in [7, 11) is 3.49. The van der Waals surface area contributed by atoms with Gasteiger partial charge in [-0.2, -0.15) is 0 Å². The summed E-state index contributed by atoms with van der Waals surface area (Å²) in [6.07, 6.45) is 5.00. The van der Waals surface area contributed by atoms with E-state index in [0.29, 0.717) is 17.3 Å². The minimum Gasteiger partial charge on any atom is -0.465 e. The van der Waals surface area contributed by atoms with Crippen LogP contribution in [0.25, 0.3) is 0 Å². The van der Waals surface area contributed by atoms with E-state index in [4.69, 9.17) is 10.5 Å². The van der Waals surface area contributed by atoms with E-state index in [1.54, 1.807) is 0 Å². The number of esters is 1. The van der Waals surface area contributed by atoms with E-state index in [-0.39, 0.29) is 5.97 Å². The highest BCUT2D eigenvalue weighted by molar-refractivity contribution is 5.97. The Morgan fingerprint density at radius 2 is 2.10 bits per heavy atom. The molecule has 1 aromatic carbocycles. The molecule has 0 saturated heterocycles. The predicted molar refractivity (Wildman–Crippen MR) is 86.8 cm³/mol. The Labute approximate surface area is 127 Å². The minimum absolute atomic E-state index is 0.372. The van der Waals surface area contributed by atoms with Crippen LogP contribution in [-0.4, -0.2) is 26.2 Å². The Morgan fingerprint density at radius 3 is 2.71 bits per heavy atom. The van der Waals surface area contributed by atoms with Crippen molar-refractivity contribution < 1.29 is 9.53 Å². The van der Waals surface area contributed by atoms with Gasteiger partial charge in [0.1, 0.15) is 0 Å². The fraction of sp³-hybridized carbons (Fsp3) is 0.588. The van der Waals surface area contributed by atoms with Gasteiger partial charge in [0, 0.05) is 24.5 Å². The number of carbonyl (C=O) groups is 1. The topological polar surface area (TPSA) is 55.6 Å². The minimum atomic E-state index is -0.372. The molecule has 21 heavy (non-hydrogen) atoms. The summed E-state index contributed by atoms with van der Waals surface area (Å²) in [5, 5.41) is 0. The van der Waals surface area contributed by atoms with Crippen molar-refractivity contribution in [1.82, 2.24) is 0 Å². The van der Waals surface area contributed by atoms with Gasteiger partial charge in [-0.15, -0.1) is 0 Å². The van der Waals surface area contributed by atoms with Crippen molar-refractivity contribution in [2.45, 2.75) is 45.6 Å². The molecule has 2 unspecified atom stereocenters. The van der Waals surface area contributed by atoms with E-state index in [2.05, 4.69) is 24.9 Å². The molecule has 1 aromatic rings. The molecule has 0 amide bonds. The molecule has 2 N–H and O–H groups in total. The van der Waals surface area contributed by atoms with Gasteiger partial charge in [-0.3, -0.25) is 0 Å². The maximum Gasteiger partial charge on any atom is 0.340 e. The molecule has 4 heteroatoms. The summed E-state index contributed by atoms with van der Waals surface area (Å²) in [5.74, 6) is 0.393. The van der Waals surface area contributed by atoms with Gasteiger partial charge in [-0.1, -0.05) is 19.8 Å². The van der Waals surface area contributed by atoms with Crippen LogP contribution in [0.5, 0.6) is 0 Å². The standard InChI is InChI=1S/C17H26N2O2/c1-11-6-5-7-13(8-11)19(3)14-9-12(2)16(18)15(10-14)17(20)21-4/h9-11,13H,5-8,18H2,1-4H3. The van der Waals surface area contributed by atoms with Crippen LogP contribution in [0.3, 0.4) is 0 Å². The van der Waals surface area contributed by atoms with E-state index in [9.17, 15) is 4.79 Å². The lowest BCUT2D eigenvalue weighted by Gasteiger charge is -2.36. The summed E-state index contributed by atoms with van der Waals surface area (Å²) >= 11 is 0. The Bertz CT molecular complexity index is 528. The fourth-order valence-electron chi connectivity index (χ4n) is 3.23. The van der Waals surface area contributed by atoms with Crippen LogP contribution in [0.15, 0.2) is 12.1 Å². The molecule has 4 nitrogen and oxygen atoms in total. The van der Waals surface area contributed by atoms with Crippen LogP contribution in [0.4, 0.5) is 11.4 Å². The second-order valence-corrected chi connectivity index (χ2v) is 6.25. The number of ether oxygens (including phenoxy) is 1. The smallest absolute Gasteiger partial charge is 0.340 e. The number of aryl methyl sites for hydroxylation is 1. The molecule has 0 spiro atoms. The number of rotatable bonds is 3. The van der Waals surface area contributed by atoms with E-state index in [0.717, 1.165) is 17.2 Å². The van der Waals surface area contributed by atoms with Crippen LogP contribution in [0.2, 0.25) is 0 Å². The number of methoxy groups -OCH3 is 1. The van der Waals surface area contributed by atoms with Gasteiger partial charge >= 0.3 is 5.97 Å². The molecule has 116 valence electrons. The highest BCUT2D eigenvalue weighted by Gasteiger charge is 2.24. The van der Waals surface area contributed by atoms with Gasteiger partial charge in [-0.25, -0.2) is 4.79 Å². The zero-order valence-corrected chi connectivity index (χ0v) is 13.5. The van der Waals surface area contributed by atoms with Crippen LogP contribution < -0.4 is 10.6 Å². The second-order valence-electron chi connectivity index (χ2n) is 6.25. The number of nitrogen functional groups attached to an aromatic ring is 1. The van der Waals surface area contributed by atoms with Gasteiger partial charge in [0.2, 0.25) is 0 Å². The van der Waals surface area contributed by atoms with Crippen LogP contribution in [0.1, 0.15) is 48.5 Å². The van der Waals surface area contributed by atoms with Gasteiger partial charge in [0.05, 0.1) is 12.7 Å². The van der Waals surface area contributed by atoms with Crippen molar-refractivity contribution in [1.29, 1.82) is 0 Å². The number of nitrogens with zero attached hydrogens (tertiary/aromatic N) is 1. The van der Waals surface area contributed by atoms with E-state index >= 15 is 0 Å². The Morgan fingerprint density at radius 1 is 1.38 bits per heavy atom. The van der Waals surface area contributed by atoms with Crippen LogP contribution in [-0.2, 0) is 4.74 Å². The number of hydrogen-bond donors (Lipinski definition) is 1. The van der Waals surface area contributed by atoms with Crippen molar-refractivity contribution >= 4 is 17.3 Å². The van der Waals surface area contributed by atoms with Gasteiger partial charge < -0.3 is 15.4 Å². The highest BCUT2D eigenvalue weighted by atomic mass is 16.5. The van der Waals surface area contributed by atoms with Crippen LogP contribution >= 0.6 is 0 Å². The van der Waals surface area contributed by atoms with Crippen molar-refractivity contribution in [2.75, 3.05) is 24.8 Å². The van der Waals surface area contributed by atoms with E-state index < -0.39 is 0 Å². The molecule has 1 fully saturated rings. The predicted octanol–water partition coefficient (Wildman–Crippen LogP) is 3.38. The molecule has 0 aliphatic heterocycles. The van der Waals surface area contributed by atoms with E-state index in [1.165, 1.54) is 32.8 Å². The molecule has 2 atom stereocenters. The fourth-order valence-corrected chi connectivity index (χ4v) is 3.23. The number of benzene rings is 1. The van der Waals surface area contributed by atoms with Crippen molar-refractivity contribution in [2.24, 2.45) is 5.92 Å². The molecule has 0 heterocycles. The summed E-state index contributed by atoms with van der Waals surface area (Å²) in [6.45, 7) is 4.25. The molecule has 0 aromatic heterocycles. The zero-order chi connectivity index (χ0) is 15.6. The Balaban J connectivity index is 2.30. The molecule has 0 bridgehead atoms. The summed E-state index contributed by atoms with van der Waals surface area (Å²) in [4.78, 5) is 14.2. The normalized spacial score (nSPS) is 21.9. The molecule has 0 radical (unpaired) electrons. The third-order valence-electron chi connectivity index (χ3n) is 4.64. The molecular weight excluding hydrogens is 264 g/mol. The van der Waals surface area contributed by atoms with Crippen LogP contribution in [0, 0.1) is 12.8 Å². The number of hydrogen-bond acceptors (Lipinski definition) is 4. The Hall–Kier alpha value is -1.71. The number of anilines is 2. The maximum atomic E-state index is 11.9. The highest BCUT2D eigenvalue weighted by Crippen LogP contribution is 2.32. The van der Waals surface area contributed by atoms with Crippen molar-refractivity contribution in [3.63, 3.8) is 0 Å². The third kappa shape index (κ3) is 3.31. The first-order valence-electron chi connectivity index (χ1n) is 7.65. The molecule has 1 aliphatic carbocycles. The SMILES string of the molecule is COC(=O)c1cc(N(C)C2CCCC(C)C2)cc(C)c1N. The lowest BCUT2D eigenvalue weighted by Crippen LogP contribution is -2.35. The molecule has 1 saturated carbocycles. The Kier molecular flexibility index (Phi) is 4.76. The van der Waals surface area contributed by atoms with Gasteiger partial charge in [-0.05, 0) is 43.4 Å². The van der Waals surface area contributed by atoms with Crippen molar-refractivity contribution in [3.05, 3.63) is 23.3 Å². The van der Waals surface area contributed by atoms with Gasteiger partial charge in [0.15, 0.2) is 0 Å². The first-order valence-corrected chi connectivity index (χ1v) is 7.65. The summed E-state index contributed by atoms with van der Waals surface area (Å²) < 4.78 is 4.83. The lowest BCUT2D eigenvalue weighted by atomic mass is 9.86. The maximum absolute atomic E-state index is 11.9. The number of nitrogens with two attached hydrogens (primary N) is 1. The monoisotopic (exact) mass is 290 g/mol. The molecule has 2 rings (SSSR count). The molecule has 1 aliphatic rings.